The van der Waals surface area contributed by atoms with Gasteiger partial charge in [-0.05, 0) is 46.7 Å². The molecule has 5 nitrogen and oxygen atoms in total. The average molecular weight is 278 g/mol. The Morgan fingerprint density at radius 3 is 2.31 bits per heavy atom. The van der Waals surface area contributed by atoms with Crippen molar-refractivity contribution in [1.29, 1.82) is 5.26 Å². The van der Waals surface area contributed by atoms with Gasteiger partial charge in [-0.1, -0.05) is 0 Å². The summed E-state index contributed by atoms with van der Waals surface area (Å²) in [5, 5.41) is 12.8. The number of carbonyl (C=O) groups excluding carboxylic acids is 1. The van der Waals surface area contributed by atoms with Crippen molar-refractivity contribution in [2.75, 3.05) is 5.32 Å². The van der Waals surface area contributed by atoms with Crippen LogP contribution in [0.25, 0.3) is 0 Å². The molecule has 16 heavy (non-hydrogen) atoms. The van der Waals surface area contributed by atoms with E-state index in [1.165, 1.54) is 24.3 Å². The SMILES string of the molecule is N#Cc1ccc(NC(=O)NP(=O)(Cl)Cl)cc1. The molecule has 8 heteroatoms. The number of halogens is 2. The lowest BCUT2D eigenvalue weighted by Gasteiger charge is -2.07. The van der Waals surface area contributed by atoms with Gasteiger partial charge in [0.05, 0.1) is 11.6 Å². The van der Waals surface area contributed by atoms with Crippen LogP contribution in [0.5, 0.6) is 0 Å². The number of hydrogen-bond donors (Lipinski definition) is 2. The summed E-state index contributed by atoms with van der Waals surface area (Å²) < 4.78 is 10.8. The van der Waals surface area contributed by atoms with Crippen molar-refractivity contribution in [3.05, 3.63) is 29.8 Å². The molecule has 0 spiro atoms. The maximum atomic E-state index is 11.2. The number of nitrogens with one attached hydrogen (secondary N) is 2. The predicted molar refractivity (Wildman–Crippen MR) is 62.6 cm³/mol. The van der Waals surface area contributed by atoms with Crippen molar-refractivity contribution in [2.24, 2.45) is 0 Å². The molecule has 0 unspecified atom stereocenters. The topological polar surface area (TPSA) is 82.0 Å². The normalized spacial score (nSPS) is 10.3. The third-order valence-corrected chi connectivity index (χ3v) is 2.47. The molecule has 0 aliphatic rings. The van der Waals surface area contributed by atoms with E-state index in [0.717, 1.165) is 0 Å². The molecule has 0 atom stereocenters. The molecule has 2 amide bonds. The summed E-state index contributed by atoms with van der Waals surface area (Å²) in [5.74, 6) is -3.64. The van der Waals surface area contributed by atoms with Crippen molar-refractivity contribution in [2.45, 2.75) is 0 Å². The smallest absolute Gasteiger partial charge is 0.308 e. The number of amides is 2. The lowest BCUT2D eigenvalue weighted by Crippen LogP contribution is -2.23. The van der Waals surface area contributed by atoms with Gasteiger partial charge in [0.15, 0.2) is 0 Å². The second-order valence-electron chi connectivity index (χ2n) is 2.72. The molecule has 0 radical (unpaired) electrons. The summed E-state index contributed by atoms with van der Waals surface area (Å²) in [7, 11) is 0. The minimum absolute atomic E-state index is 0.429. The lowest BCUT2D eigenvalue weighted by atomic mass is 10.2. The van der Waals surface area contributed by atoms with E-state index < -0.39 is 12.0 Å². The number of benzene rings is 1. The largest absolute Gasteiger partial charge is 0.346 e. The summed E-state index contributed by atoms with van der Waals surface area (Å²) in [6.07, 6.45) is 0. The molecule has 0 saturated heterocycles. The van der Waals surface area contributed by atoms with Gasteiger partial charge in [-0.2, -0.15) is 5.26 Å². The first-order chi connectivity index (χ1) is 7.40. The molecule has 1 aromatic rings. The van der Waals surface area contributed by atoms with Crippen molar-refractivity contribution in [3.63, 3.8) is 0 Å². The number of urea groups is 1. The van der Waals surface area contributed by atoms with E-state index >= 15 is 0 Å². The minimum atomic E-state index is -3.64. The Balaban J connectivity index is 2.64. The molecule has 0 aliphatic carbocycles. The van der Waals surface area contributed by atoms with Gasteiger partial charge in [0.2, 0.25) is 0 Å². The molecule has 0 fully saturated rings. The summed E-state index contributed by atoms with van der Waals surface area (Å²) in [6.45, 7) is 0. The molecule has 0 bridgehead atoms. The van der Waals surface area contributed by atoms with Crippen LogP contribution in [0.4, 0.5) is 10.5 Å². The number of nitrogens with zero attached hydrogens (tertiary/aromatic N) is 1. The molecule has 84 valence electrons. The van der Waals surface area contributed by atoms with Gasteiger partial charge in [-0.25, -0.2) is 4.79 Å². The standard InChI is InChI=1S/C8H6Cl2N3O2P/c9-16(10,15)13-8(14)12-7-3-1-6(5-11)2-4-7/h1-4H,(H2,12,13,14,15). The Labute approximate surface area is 101 Å². The predicted octanol–water partition coefficient (Wildman–Crippen LogP) is 3.27. The highest BCUT2D eigenvalue weighted by Gasteiger charge is 2.16. The van der Waals surface area contributed by atoms with E-state index in [4.69, 9.17) is 27.7 Å². The summed E-state index contributed by atoms with van der Waals surface area (Å²) in [4.78, 5) is 11.2. The van der Waals surface area contributed by atoms with E-state index in [2.05, 4.69) is 5.32 Å². The van der Waals surface area contributed by atoms with E-state index in [0.29, 0.717) is 11.3 Å². The van der Waals surface area contributed by atoms with E-state index in [-0.39, 0.29) is 0 Å². The van der Waals surface area contributed by atoms with E-state index in [1.807, 2.05) is 11.2 Å². The molecule has 2 N–H and O–H groups in total. The van der Waals surface area contributed by atoms with Gasteiger partial charge < -0.3 is 5.32 Å². The second kappa shape index (κ2) is 5.22. The summed E-state index contributed by atoms with van der Waals surface area (Å²) in [5.41, 5.74) is 0.893. The Hall–Kier alpha value is -1.21. The van der Waals surface area contributed by atoms with Crippen molar-refractivity contribution < 1.29 is 9.36 Å². The van der Waals surface area contributed by atoms with Crippen molar-refractivity contribution in [3.8, 4) is 6.07 Å². The summed E-state index contributed by atoms with van der Waals surface area (Å²) >= 11 is 10.3. The van der Waals surface area contributed by atoms with Crippen LogP contribution < -0.4 is 10.4 Å². The van der Waals surface area contributed by atoms with Gasteiger partial charge >= 0.3 is 12.0 Å². The maximum Gasteiger partial charge on any atom is 0.346 e. The van der Waals surface area contributed by atoms with E-state index in [1.54, 1.807) is 0 Å². The van der Waals surface area contributed by atoms with Crippen LogP contribution in [0.1, 0.15) is 5.56 Å². The highest BCUT2D eigenvalue weighted by Crippen LogP contribution is 2.51. The fraction of sp³-hybridized carbons (Fsp3) is 0. The number of nitriles is 1. The van der Waals surface area contributed by atoms with Crippen LogP contribution in [0.2, 0.25) is 0 Å². The van der Waals surface area contributed by atoms with Gasteiger partial charge in [0, 0.05) is 5.69 Å². The second-order valence-corrected chi connectivity index (χ2v) is 7.24. The quantitative estimate of drug-likeness (QED) is 0.814. The Morgan fingerprint density at radius 1 is 1.31 bits per heavy atom. The molecule has 1 rings (SSSR count). The minimum Gasteiger partial charge on any atom is -0.308 e. The molecule has 0 heterocycles. The highest BCUT2D eigenvalue weighted by atomic mass is 35.9. The van der Waals surface area contributed by atoms with Crippen LogP contribution in [-0.2, 0) is 4.57 Å². The number of anilines is 1. The monoisotopic (exact) mass is 277 g/mol. The Bertz CT molecular complexity index is 477. The van der Waals surface area contributed by atoms with Gasteiger partial charge in [-0.15, -0.1) is 0 Å². The molecule has 0 aliphatic heterocycles. The fourth-order valence-electron chi connectivity index (χ4n) is 0.905. The van der Waals surface area contributed by atoms with Gasteiger partial charge in [0.25, 0.3) is 0 Å². The zero-order valence-corrected chi connectivity index (χ0v) is 10.2. The fourth-order valence-corrected chi connectivity index (χ4v) is 1.66. The first-order valence-electron chi connectivity index (χ1n) is 3.99. The maximum absolute atomic E-state index is 11.2. The first-order valence-corrected chi connectivity index (χ1v) is 7.51. The first kappa shape index (κ1) is 12.9. The number of carbonyl (C=O) groups is 1. The van der Waals surface area contributed by atoms with Crippen LogP contribution in [0.3, 0.4) is 0 Å². The number of rotatable bonds is 2. The molecule has 0 saturated carbocycles. The van der Waals surface area contributed by atoms with Crippen LogP contribution >= 0.6 is 28.5 Å². The molecule has 1 aromatic carbocycles. The third kappa shape index (κ3) is 4.54. The van der Waals surface area contributed by atoms with Crippen molar-refractivity contribution >= 4 is 40.2 Å². The lowest BCUT2D eigenvalue weighted by molar-refractivity contribution is 0.256. The molecular formula is C8H6Cl2N3O2P. The van der Waals surface area contributed by atoms with Crippen LogP contribution in [-0.4, -0.2) is 6.03 Å². The Kier molecular flexibility index (Phi) is 4.19. The molecule has 0 aromatic heterocycles. The number of hydrogen-bond acceptors (Lipinski definition) is 3. The van der Waals surface area contributed by atoms with Crippen LogP contribution in [0.15, 0.2) is 24.3 Å². The zero-order chi connectivity index (χ0) is 12.2. The zero-order valence-electron chi connectivity index (χ0n) is 7.78. The van der Waals surface area contributed by atoms with Crippen molar-refractivity contribution in [1.82, 2.24) is 5.09 Å². The average Bonchev–Trinajstić information content (AvgIpc) is 2.16. The third-order valence-electron chi connectivity index (χ3n) is 1.50. The van der Waals surface area contributed by atoms with E-state index in [9.17, 15) is 9.36 Å². The highest BCUT2D eigenvalue weighted by molar-refractivity contribution is 8.07. The van der Waals surface area contributed by atoms with Gasteiger partial charge in [-0.3, -0.25) is 9.65 Å². The van der Waals surface area contributed by atoms with Gasteiger partial charge in [0.1, 0.15) is 0 Å². The molecular weight excluding hydrogens is 272 g/mol. The van der Waals surface area contributed by atoms with Crippen LogP contribution in [0, 0.1) is 11.3 Å². The Morgan fingerprint density at radius 2 is 1.88 bits per heavy atom. The summed E-state index contributed by atoms with van der Waals surface area (Å²) in [6, 6.07) is 7.24.